The van der Waals surface area contributed by atoms with Crippen molar-refractivity contribution in [2.45, 2.75) is 17.7 Å². The van der Waals surface area contributed by atoms with Crippen LogP contribution in [0.15, 0.2) is 52.2 Å². The Morgan fingerprint density at radius 1 is 1.09 bits per heavy atom. The van der Waals surface area contributed by atoms with E-state index in [-0.39, 0.29) is 0 Å². The van der Waals surface area contributed by atoms with E-state index in [4.69, 9.17) is 9.47 Å². The molecule has 0 aliphatic heterocycles. The van der Waals surface area contributed by atoms with Gasteiger partial charge in [-0.25, -0.2) is 13.4 Å². The Kier molecular flexibility index (Phi) is 8.58. The molecule has 0 bridgehead atoms. The Balaban J connectivity index is 1.62. The van der Waals surface area contributed by atoms with Crippen LogP contribution in [0.4, 0.5) is 5.69 Å². The summed E-state index contributed by atoms with van der Waals surface area (Å²) in [6, 6.07) is 11.1. The van der Waals surface area contributed by atoms with Crippen molar-refractivity contribution in [1.82, 2.24) is 14.9 Å². The summed E-state index contributed by atoms with van der Waals surface area (Å²) in [6.07, 6.45) is 1.90. The minimum absolute atomic E-state index is 0.327. The molecule has 0 aliphatic rings. The number of aromatic amines is 1. The molecule has 0 saturated heterocycles. The highest BCUT2D eigenvalue weighted by Crippen LogP contribution is 2.35. The summed E-state index contributed by atoms with van der Waals surface area (Å²) in [7, 11) is -0.233. The fourth-order valence-corrected chi connectivity index (χ4v) is 7.40. The lowest BCUT2D eigenvalue weighted by atomic mass is 10.2. The van der Waals surface area contributed by atoms with Crippen LogP contribution in [0.5, 0.6) is 0 Å². The highest BCUT2D eigenvalue weighted by atomic mass is 32.2. The van der Waals surface area contributed by atoms with Crippen LogP contribution in [0.2, 0.25) is 0 Å². The van der Waals surface area contributed by atoms with Gasteiger partial charge < -0.3 is 14.5 Å². The standard InChI is InChI=1S/C24H30N4O4S3/c1-4-28(35(29,30)22-9-6-14-33-22)21-8-5-7-18-15-20(26-23(18)21)24-25-16-19(34-24)17-27(10-12-31-2)11-13-32-3/h5-9,14-16,26H,4,10-13,17H2,1-3H3. The Hall–Kier alpha value is -2.28. The zero-order valence-electron chi connectivity index (χ0n) is 20.1. The summed E-state index contributed by atoms with van der Waals surface area (Å²) in [6.45, 7) is 5.88. The first-order valence-corrected chi connectivity index (χ1v) is 14.4. The highest BCUT2D eigenvalue weighted by molar-refractivity contribution is 7.94. The number of thiazole rings is 1. The van der Waals surface area contributed by atoms with Crippen molar-refractivity contribution in [3.63, 3.8) is 0 Å². The fourth-order valence-electron chi connectivity index (χ4n) is 3.89. The summed E-state index contributed by atoms with van der Waals surface area (Å²) in [5, 5.41) is 3.58. The maximum absolute atomic E-state index is 13.3. The second kappa shape index (κ2) is 11.6. The summed E-state index contributed by atoms with van der Waals surface area (Å²) >= 11 is 2.85. The third-order valence-corrected chi connectivity index (χ3v) is 9.89. The molecule has 4 rings (SSSR count). The molecule has 0 fully saturated rings. The predicted octanol–water partition coefficient (Wildman–Crippen LogP) is 4.66. The number of hydrogen-bond acceptors (Lipinski definition) is 8. The maximum Gasteiger partial charge on any atom is 0.273 e. The van der Waals surface area contributed by atoms with E-state index in [1.54, 1.807) is 43.1 Å². The van der Waals surface area contributed by atoms with Crippen LogP contribution in [0.3, 0.4) is 0 Å². The number of nitrogens with zero attached hydrogens (tertiary/aromatic N) is 3. The summed E-state index contributed by atoms with van der Waals surface area (Å²) in [4.78, 5) is 11.5. The summed E-state index contributed by atoms with van der Waals surface area (Å²) < 4.78 is 38.9. The minimum atomic E-state index is -3.64. The topological polar surface area (TPSA) is 87.8 Å². The molecule has 0 aliphatic carbocycles. The first-order valence-electron chi connectivity index (χ1n) is 11.3. The molecule has 1 aromatic carbocycles. The fraction of sp³-hybridized carbons (Fsp3) is 0.375. The van der Waals surface area contributed by atoms with Crippen LogP contribution < -0.4 is 4.31 Å². The molecule has 0 radical (unpaired) electrons. The van der Waals surface area contributed by atoms with Crippen LogP contribution in [0.1, 0.15) is 11.8 Å². The number of methoxy groups -OCH3 is 2. The third kappa shape index (κ3) is 5.76. The molecule has 0 saturated carbocycles. The van der Waals surface area contributed by atoms with Crippen molar-refractivity contribution < 1.29 is 17.9 Å². The molecule has 11 heteroatoms. The van der Waals surface area contributed by atoms with Gasteiger partial charge in [0.1, 0.15) is 9.22 Å². The first-order chi connectivity index (χ1) is 17.0. The van der Waals surface area contributed by atoms with Gasteiger partial charge in [-0.05, 0) is 30.5 Å². The van der Waals surface area contributed by atoms with Crippen molar-refractivity contribution >= 4 is 49.3 Å². The number of benzene rings is 1. The lowest BCUT2D eigenvalue weighted by molar-refractivity contribution is 0.111. The van der Waals surface area contributed by atoms with Crippen LogP contribution in [0, 0.1) is 0 Å². The Morgan fingerprint density at radius 2 is 1.86 bits per heavy atom. The molecule has 0 amide bonds. The average Bonchev–Trinajstić information content (AvgIpc) is 3.62. The molecule has 0 atom stereocenters. The van der Waals surface area contributed by atoms with E-state index in [2.05, 4.69) is 14.9 Å². The average molecular weight is 535 g/mol. The molecule has 3 aromatic heterocycles. The zero-order valence-corrected chi connectivity index (χ0v) is 22.5. The Morgan fingerprint density at radius 3 is 2.51 bits per heavy atom. The van der Waals surface area contributed by atoms with Gasteiger partial charge >= 0.3 is 0 Å². The van der Waals surface area contributed by atoms with E-state index < -0.39 is 10.0 Å². The van der Waals surface area contributed by atoms with Crippen LogP contribution in [-0.2, 0) is 26.0 Å². The summed E-state index contributed by atoms with van der Waals surface area (Å²) in [5.74, 6) is 0. The van der Waals surface area contributed by atoms with Crippen LogP contribution in [-0.4, -0.2) is 70.4 Å². The number of ether oxygens (including phenoxy) is 2. The van der Waals surface area contributed by atoms with Gasteiger partial charge in [-0.1, -0.05) is 18.2 Å². The molecule has 8 nitrogen and oxygen atoms in total. The van der Waals surface area contributed by atoms with Crippen molar-refractivity contribution in [3.05, 3.63) is 52.9 Å². The van der Waals surface area contributed by atoms with E-state index in [1.807, 2.05) is 37.4 Å². The van der Waals surface area contributed by atoms with Crippen molar-refractivity contribution in [2.24, 2.45) is 0 Å². The van der Waals surface area contributed by atoms with Crippen molar-refractivity contribution in [2.75, 3.05) is 51.4 Å². The number of aromatic nitrogens is 2. The van der Waals surface area contributed by atoms with Crippen LogP contribution >= 0.6 is 22.7 Å². The van der Waals surface area contributed by atoms with Gasteiger partial charge in [0, 0.05) is 56.9 Å². The Bertz CT molecular complexity index is 1320. The number of H-pyrrole nitrogens is 1. The van der Waals surface area contributed by atoms with Gasteiger partial charge in [0.2, 0.25) is 0 Å². The van der Waals surface area contributed by atoms with E-state index in [0.717, 1.165) is 46.1 Å². The van der Waals surface area contributed by atoms with Gasteiger partial charge in [0.15, 0.2) is 0 Å². The normalized spacial score (nSPS) is 12.1. The number of hydrogen-bond donors (Lipinski definition) is 1. The van der Waals surface area contributed by atoms with Gasteiger partial charge in [-0.3, -0.25) is 9.21 Å². The third-order valence-electron chi connectivity index (χ3n) is 5.62. The quantitative estimate of drug-likeness (QED) is 0.268. The number of nitrogens with one attached hydrogen (secondary N) is 1. The van der Waals surface area contributed by atoms with Crippen molar-refractivity contribution in [1.29, 1.82) is 0 Å². The number of rotatable bonds is 13. The van der Waals surface area contributed by atoms with E-state index >= 15 is 0 Å². The summed E-state index contributed by atoms with van der Waals surface area (Å²) in [5.41, 5.74) is 2.28. The smallest absolute Gasteiger partial charge is 0.273 e. The van der Waals surface area contributed by atoms with Crippen LogP contribution in [0.25, 0.3) is 21.6 Å². The van der Waals surface area contributed by atoms with Gasteiger partial charge in [-0.15, -0.1) is 22.7 Å². The van der Waals surface area contributed by atoms with E-state index in [9.17, 15) is 8.42 Å². The monoisotopic (exact) mass is 534 g/mol. The Labute approximate surface area is 214 Å². The van der Waals surface area contributed by atoms with Crippen molar-refractivity contribution in [3.8, 4) is 10.7 Å². The molecule has 35 heavy (non-hydrogen) atoms. The lowest BCUT2D eigenvalue weighted by Crippen LogP contribution is -2.30. The largest absolute Gasteiger partial charge is 0.383 e. The van der Waals surface area contributed by atoms with Gasteiger partial charge in [0.25, 0.3) is 10.0 Å². The number of para-hydroxylation sites is 1. The number of anilines is 1. The predicted molar refractivity (Wildman–Crippen MR) is 143 cm³/mol. The second-order valence-electron chi connectivity index (χ2n) is 7.92. The number of thiophene rings is 1. The zero-order chi connectivity index (χ0) is 24.8. The maximum atomic E-state index is 13.3. The molecule has 0 unspecified atom stereocenters. The number of sulfonamides is 1. The van der Waals surface area contributed by atoms with E-state index in [1.165, 1.54) is 15.6 Å². The minimum Gasteiger partial charge on any atom is -0.383 e. The molecular formula is C24H30N4O4S3. The SMILES string of the molecule is CCN(c1cccc2cc(-c3ncc(CN(CCOC)CCOC)s3)[nH]c12)S(=O)(=O)c1cccs1. The molecule has 1 N–H and O–H groups in total. The van der Waals surface area contributed by atoms with Gasteiger partial charge in [-0.2, -0.15) is 0 Å². The molecular weight excluding hydrogens is 504 g/mol. The van der Waals surface area contributed by atoms with Gasteiger partial charge in [0.05, 0.1) is 30.1 Å². The molecule has 3 heterocycles. The second-order valence-corrected chi connectivity index (χ2v) is 12.1. The van der Waals surface area contributed by atoms with E-state index in [0.29, 0.717) is 29.7 Å². The lowest BCUT2D eigenvalue weighted by Gasteiger charge is -2.22. The molecule has 188 valence electrons. The molecule has 0 spiro atoms. The highest BCUT2D eigenvalue weighted by Gasteiger charge is 2.26. The first kappa shape index (κ1) is 25.8. The molecule has 4 aromatic rings. The number of fused-ring (bicyclic) bond motifs is 1.